The van der Waals surface area contributed by atoms with E-state index in [9.17, 15) is 14.7 Å². The van der Waals surface area contributed by atoms with Crippen LogP contribution in [0.25, 0.3) is 22.2 Å². The van der Waals surface area contributed by atoms with Crippen molar-refractivity contribution in [3.05, 3.63) is 54.1 Å². The van der Waals surface area contributed by atoms with Crippen LogP contribution >= 0.6 is 0 Å². The van der Waals surface area contributed by atoms with Gasteiger partial charge in [0.2, 0.25) is 0 Å². The summed E-state index contributed by atoms with van der Waals surface area (Å²) in [5, 5.41) is 21.8. The standard InChI is InChI=1S/C22H23N3O5/c1-5-18(26)29-9-10-30-21(28)13-11-15(20(27)16(12-13)22(2,3)4)14-7-6-8-17-19(14)24-25-23-17/h5-8,11-12,27H,1,9-10H2,2-4H3,(H,23,24,25). The van der Waals surface area contributed by atoms with E-state index in [2.05, 4.69) is 22.0 Å². The molecular formula is C22H23N3O5. The first-order chi connectivity index (χ1) is 14.2. The molecule has 0 saturated heterocycles. The van der Waals surface area contributed by atoms with Crippen LogP contribution < -0.4 is 0 Å². The molecule has 30 heavy (non-hydrogen) atoms. The van der Waals surface area contributed by atoms with Gasteiger partial charge in [0.05, 0.1) is 5.56 Å². The molecule has 0 spiro atoms. The molecule has 156 valence electrons. The minimum absolute atomic E-state index is 0.0643. The lowest BCUT2D eigenvalue weighted by Crippen LogP contribution is -2.16. The zero-order valence-corrected chi connectivity index (χ0v) is 17.1. The number of para-hydroxylation sites is 1. The molecule has 1 heterocycles. The Morgan fingerprint density at radius 2 is 1.87 bits per heavy atom. The zero-order chi connectivity index (χ0) is 21.9. The fourth-order valence-electron chi connectivity index (χ4n) is 3.03. The predicted molar refractivity (Wildman–Crippen MR) is 111 cm³/mol. The quantitative estimate of drug-likeness (QED) is 0.364. The predicted octanol–water partition coefficient (Wildman–Crippen LogP) is 3.51. The molecule has 3 aromatic rings. The summed E-state index contributed by atoms with van der Waals surface area (Å²) in [7, 11) is 0. The monoisotopic (exact) mass is 409 g/mol. The number of aromatic amines is 1. The molecule has 0 unspecified atom stereocenters. The van der Waals surface area contributed by atoms with Crippen molar-refractivity contribution in [1.29, 1.82) is 0 Å². The maximum Gasteiger partial charge on any atom is 0.338 e. The fourth-order valence-corrected chi connectivity index (χ4v) is 3.03. The van der Waals surface area contributed by atoms with E-state index in [-0.39, 0.29) is 24.5 Å². The number of fused-ring (bicyclic) bond motifs is 1. The second-order valence-electron chi connectivity index (χ2n) is 7.67. The average Bonchev–Trinajstić information content (AvgIpc) is 3.19. The molecule has 0 aliphatic rings. The molecule has 0 bridgehead atoms. The van der Waals surface area contributed by atoms with E-state index in [4.69, 9.17) is 9.47 Å². The Balaban J connectivity index is 2.00. The molecule has 2 aromatic carbocycles. The summed E-state index contributed by atoms with van der Waals surface area (Å²) >= 11 is 0. The van der Waals surface area contributed by atoms with Crippen molar-refractivity contribution in [1.82, 2.24) is 15.4 Å². The minimum Gasteiger partial charge on any atom is -0.507 e. The third kappa shape index (κ3) is 4.32. The van der Waals surface area contributed by atoms with Crippen molar-refractivity contribution in [3.63, 3.8) is 0 Å². The molecule has 8 heteroatoms. The van der Waals surface area contributed by atoms with Crippen LogP contribution in [0.3, 0.4) is 0 Å². The molecule has 2 N–H and O–H groups in total. The first kappa shape index (κ1) is 21.0. The van der Waals surface area contributed by atoms with Gasteiger partial charge in [0.15, 0.2) is 0 Å². The average molecular weight is 409 g/mol. The Kier molecular flexibility index (Phi) is 5.86. The van der Waals surface area contributed by atoms with Crippen molar-refractivity contribution >= 4 is 23.0 Å². The summed E-state index contributed by atoms with van der Waals surface area (Å²) < 4.78 is 10.0. The lowest BCUT2D eigenvalue weighted by atomic mass is 9.83. The van der Waals surface area contributed by atoms with Crippen molar-refractivity contribution in [2.75, 3.05) is 13.2 Å². The van der Waals surface area contributed by atoms with Crippen LogP contribution in [0.4, 0.5) is 0 Å². The van der Waals surface area contributed by atoms with E-state index >= 15 is 0 Å². The Hall–Kier alpha value is -3.68. The summed E-state index contributed by atoms with van der Waals surface area (Å²) in [5.41, 5.74) is 2.72. The Morgan fingerprint density at radius 1 is 1.13 bits per heavy atom. The van der Waals surface area contributed by atoms with E-state index in [1.54, 1.807) is 30.3 Å². The Labute approximate surface area is 173 Å². The highest BCUT2D eigenvalue weighted by Crippen LogP contribution is 2.41. The van der Waals surface area contributed by atoms with Crippen molar-refractivity contribution in [3.8, 4) is 16.9 Å². The van der Waals surface area contributed by atoms with E-state index in [0.717, 1.165) is 6.08 Å². The third-order valence-electron chi connectivity index (χ3n) is 4.52. The SMILES string of the molecule is C=CC(=O)OCCOC(=O)c1cc(-c2cccc3n[nH]nc23)c(O)c(C(C)(C)C)c1. The van der Waals surface area contributed by atoms with Gasteiger partial charge >= 0.3 is 11.9 Å². The number of phenols is 1. The molecule has 0 radical (unpaired) electrons. The lowest BCUT2D eigenvalue weighted by molar-refractivity contribution is -0.138. The van der Waals surface area contributed by atoms with Gasteiger partial charge in [-0.15, -0.1) is 0 Å². The number of carbonyl (C=O) groups is 2. The number of rotatable bonds is 6. The van der Waals surface area contributed by atoms with Gasteiger partial charge in [-0.1, -0.05) is 39.5 Å². The molecule has 3 rings (SSSR count). The number of ether oxygens (including phenoxy) is 2. The van der Waals surface area contributed by atoms with Gasteiger partial charge in [-0.3, -0.25) is 0 Å². The van der Waals surface area contributed by atoms with Gasteiger partial charge in [-0.05, 0) is 23.6 Å². The van der Waals surface area contributed by atoms with Gasteiger partial charge < -0.3 is 14.6 Å². The van der Waals surface area contributed by atoms with Crippen LogP contribution in [0.2, 0.25) is 0 Å². The molecule has 0 aliphatic carbocycles. The van der Waals surface area contributed by atoms with Crippen molar-refractivity contribution in [2.45, 2.75) is 26.2 Å². The van der Waals surface area contributed by atoms with Gasteiger partial charge in [-0.2, -0.15) is 15.4 Å². The normalized spacial score (nSPS) is 11.3. The molecular weight excluding hydrogens is 386 g/mol. The van der Waals surface area contributed by atoms with E-state index in [1.807, 2.05) is 20.8 Å². The Bertz CT molecular complexity index is 1110. The summed E-state index contributed by atoms with van der Waals surface area (Å²) in [6.45, 7) is 8.94. The maximum absolute atomic E-state index is 12.6. The second-order valence-corrected chi connectivity index (χ2v) is 7.67. The van der Waals surface area contributed by atoms with Gasteiger partial charge in [0, 0.05) is 22.8 Å². The molecule has 0 fully saturated rings. The van der Waals surface area contributed by atoms with Crippen molar-refractivity contribution in [2.24, 2.45) is 0 Å². The van der Waals surface area contributed by atoms with Crippen LogP contribution in [-0.2, 0) is 19.7 Å². The molecule has 0 atom stereocenters. The van der Waals surface area contributed by atoms with Gasteiger partial charge in [0.25, 0.3) is 0 Å². The number of nitrogens with one attached hydrogen (secondary N) is 1. The van der Waals surface area contributed by atoms with Crippen LogP contribution in [0.5, 0.6) is 5.75 Å². The fraction of sp³-hybridized carbons (Fsp3) is 0.273. The van der Waals surface area contributed by atoms with Crippen LogP contribution in [-0.4, -0.2) is 45.7 Å². The van der Waals surface area contributed by atoms with E-state index in [0.29, 0.717) is 27.7 Å². The number of phenolic OH excluding ortho intramolecular Hbond substituents is 1. The third-order valence-corrected chi connectivity index (χ3v) is 4.52. The molecule has 0 amide bonds. The largest absolute Gasteiger partial charge is 0.507 e. The van der Waals surface area contributed by atoms with Crippen LogP contribution in [0.1, 0.15) is 36.7 Å². The number of H-pyrrole nitrogens is 1. The second kappa shape index (κ2) is 8.36. The van der Waals surface area contributed by atoms with Crippen LogP contribution in [0, 0.1) is 0 Å². The number of hydrogen-bond acceptors (Lipinski definition) is 7. The number of aromatic nitrogens is 3. The number of aromatic hydroxyl groups is 1. The number of esters is 2. The highest BCUT2D eigenvalue weighted by molar-refractivity contribution is 5.97. The van der Waals surface area contributed by atoms with Gasteiger partial charge in [-0.25, -0.2) is 9.59 Å². The molecule has 0 aliphatic heterocycles. The van der Waals surface area contributed by atoms with Crippen LogP contribution in [0.15, 0.2) is 43.0 Å². The number of hydrogen-bond donors (Lipinski definition) is 2. The Morgan fingerprint density at radius 3 is 2.57 bits per heavy atom. The number of benzene rings is 2. The molecule has 1 aromatic heterocycles. The maximum atomic E-state index is 12.6. The topological polar surface area (TPSA) is 114 Å². The van der Waals surface area contributed by atoms with E-state index < -0.39 is 17.4 Å². The summed E-state index contributed by atoms with van der Waals surface area (Å²) in [6.07, 6.45) is 1.04. The number of carbonyl (C=O) groups excluding carboxylic acids is 2. The lowest BCUT2D eigenvalue weighted by Gasteiger charge is -2.23. The smallest absolute Gasteiger partial charge is 0.338 e. The molecule has 0 saturated carbocycles. The number of nitrogens with zero attached hydrogens (tertiary/aromatic N) is 2. The zero-order valence-electron chi connectivity index (χ0n) is 17.1. The molecule has 8 nitrogen and oxygen atoms in total. The first-order valence-corrected chi connectivity index (χ1v) is 9.36. The highest BCUT2D eigenvalue weighted by Gasteiger charge is 2.25. The summed E-state index contributed by atoms with van der Waals surface area (Å²) in [6, 6.07) is 8.57. The first-order valence-electron chi connectivity index (χ1n) is 9.36. The summed E-state index contributed by atoms with van der Waals surface area (Å²) in [5.74, 6) is -1.12. The van der Waals surface area contributed by atoms with Gasteiger partial charge in [0.1, 0.15) is 30.0 Å². The van der Waals surface area contributed by atoms with Crippen molar-refractivity contribution < 1.29 is 24.2 Å². The summed E-state index contributed by atoms with van der Waals surface area (Å²) in [4.78, 5) is 23.7. The highest BCUT2D eigenvalue weighted by atomic mass is 16.6. The minimum atomic E-state index is -0.594. The van der Waals surface area contributed by atoms with E-state index in [1.165, 1.54) is 0 Å².